The van der Waals surface area contributed by atoms with Crippen LogP contribution in [-0.4, -0.2) is 28.5 Å². The second-order valence-corrected chi connectivity index (χ2v) is 6.21. The Kier molecular flexibility index (Phi) is 6.36. The van der Waals surface area contributed by atoms with Crippen molar-refractivity contribution in [1.82, 2.24) is 10.5 Å². The first-order valence-corrected chi connectivity index (χ1v) is 8.42. The summed E-state index contributed by atoms with van der Waals surface area (Å²) in [5.74, 6) is 0.440. The molecule has 1 aromatic carbocycles. The third-order valence-electron chi connectivity index (χ3n) is 3.09. The van der Waals surface area contributed by atoms with Crippen LogP contribution < -0.4 is 10.6 Å². The minimum absolute atomic E-state index is 0.123. The van der Waals surface area contributed by atoms with Gasteiger partial charge < -0.3 is 15.2 Å². The van der Waals surface area contributed by atoms with Crippen LogP contribution in [0.4, 0.5) is 10.2 Å². The molecule has 2 N–H and O–H groups in total. The quantitative estimate of drug-likeness (QED) is 0.800. The zero-order valence-corrected chi connectivity index (χ0v) is 14.2. The highest BCUT2D eigenvalue weighted by Crippen LogP contribution is 2.10. The van der Waals surface area contributed by atoms with Crippen LogP contribution in [0.15, 0.2) is 28.8 Å². The van der Waals surface area contributed by atoms with E-state index in [1.807, 2.05) is 0 Å². The zero-order valence-electron chi connectivity index (χ0n) is 13.4. The molecule has 0 spiro atoms. The van der Waals surface area contributed by atoms with Gasteiger partial charge in [0.2, 0.25) is 11.8 Å². The molecule has 128 valence electrons. The van der Waals surface area contributed by atoms with Gasteiger partial charge in [0.05, 0.1) is 11.5 Å². The third kappa shape index (κ3) is 5.69. The van der Waals surface area contributed by atoms with E-state index in [4.69, 9.17) is 4.52 Å². The number of aryl methyl sites for hydroxylation is 2. The Morgan fingerprint density at radius 1 is 1.21 bits per heavy atom. The van der Waals surface area contributed by atoms with Crippen molar-refractivity contribution in [3.05, 3.63) is 47.0 Å². The lowest BCUT2D eigenvalue weighted by molar-refractivity contribution is -0.118. The Balaban J connectivity index is 1.65. The molecule has 1 aromatic heterocycles. The number of benzene rings is 1. The van der Waals surface area contributed by atoms with Crippen molar-refractivity contribution in [2.75, 3.05) is 16.8 Å². The van der Waals surface area contributed by atoms with E-state index >= 15 is 0 Å². The summed E-state index contributed by atoms with van der Waals surface area (Å²) < 4.78 is 18.2. The molecule has 0 atom stereocenters. The second kappa shape index (κ2) is 8.49. The molecule has 6 nitrogen and oxygen atoms in total. The number of hydrogen-bond donors (Lipinski definition) is 2. The average Bonchev–Trinajstić information content (AvgIpc) is 2.93. The van der Waals surface area contributed by atoms with Crippen LogP contribution in [0.3, 0.4) is 0 Å². The Bertz CT molecular complexity index is 733. The molecule has 0 fully saturated rings. The van der Waals surface area contributed by atoms with Gasteiger partial charge in [-0.25, -0.2) is 4.39 Å². The zero-order chi connectivity index (χ0) is 17.5. The topological polar surface area (TPSA) is 84.2 Å². The Morgan fingerprint density at radius 2 is 1.96 bits per heavy atom. The van der Waals surface area contributed by atoms with Crippen molar-refractivity contribution in [2.24, 2.45) is 0 Å². The normalized spacial score (nSPS) is 10.5. The number of nitrogens with one attached hydrogen (secondary N) is 2. The number of carbonyl (C=O) groups excluding carboxylic acids is 2. The van der Waals surface area contributed by atoms with Crippen LogP contribution in [0.5, 0.6) is 0 Å². The van der Waals surface area contributed by atoms with Crippen LogP contribution >= 0.6 is 11.8 Å². The van der Waals surface area contributed by atoms with E-state index in [1.54, 1.807) is 32.0 Å². The standard InChI is InChI=1S/C16H18FN3O3S/c1-10-3-4-12(6-13(10)17)7-18-15(21)8-24-9-16(22)19-14-5-11(2)23-20-14/h3-6H,7-9H2,1-2H3,(H,18,21)(H,19,20,22). The fraction of sp³-hybridized carbons (Fsp3) is 0.312. The Morgan fingerprint density at radius 3 is 2.62 bits per heavy atom. The number of carbonyl (C=O) groups is 2. The number of halogens is 1. The summed E-state index contributed by atoms with van der Waals surface area (Å²) in [4.78, 5) is 23.4. The lowest BCUT2D eigenvalue weighted by Crippen LogP contribution is -2.25. The van der Waals surface area contributed by atoms with Gasteiger partial charge in [0.25, 0.3) is 0 Å². The lowest BCUT2D eigenvalue weighted by atomic mass is 10.1. The Hall–Kier alpha value is -2.35. The fourth-order valence-electron chi connectivity index (χ4n) is 1.84. The van der Waals surface area contributed by atoms with Gasteiger partial charge in [-0.15, -0.1) is 11.8 Å². The highest BCUT2D eigenvalue weighted by atomic mass is 32.2. The average molecular weight is 351 g/mol. The van der Waals surface area contributed by atoms with Gasteiger partial charge in [0.1, 0.15) is 11.6 Å². The van der Waals surface area contributed by atoms with Crippen LogP contribution in [0.2, 0.25) is 0 Å². The number of thioether (sulfide) groups is 1. The maximum Gasteiger partial charge on any atom is 0.235 e. The van der Waals surface area contributed by atoms with Crippen molar-refractivity contribution >= 4 is 29.4 Å². The summed E-state index contributed by atoms with van der Waals surface area (Å²) >= 11 is 1.18. The summed E-state index contributed by atoms with van der Waals surface area (Å²) in [6, 6.07) is 6.44. The molecule has 2 amide bonds. The summed E-state index contributed by atoms with van der Waals surface area (Å²) in [6.45, 7) is 3.66. The highest BCUT2D eigenvalue weighted by Gasteiger charge is 2.08. The van der Waals surface area contributed by atoms with Crippen molar-refractivity contribution in [3.8, 4) is 0 Å². The first-order valence-electron chi connectivity index (χ1n) is 7.26. The molecule has 0 aliphatic rings. The molecule has 0 unspecified atom stereocenters. The van der Waals surface area contributed by atoms with E-state index in [0.717, 1.165) is 0 Å². The van der Waals surface area contributed by atoms with Gasteiger partial charge in [-0.05, 0) is 31.0 Å². The second-order valence-electron chi connectivity index (χ2n) is 5.22. The van der Waals surface area contributed by atoms with E-state index in [2.05, 4.69) is 15.8 Å². The molecule has 2 aromatic rings. The molecule has 2 rings (SSSR count). The number of hydrogen-bond acceptors (Lipinski definition) is 5. The van der Waals surface area contributed by atoms with Crippen molar-refractivity contribution in [2.45, 2.75) is 20.4 Å². The van der Waals surface area contributed by atoms with Crippen LogP contribution in [0.1, 0.15) is 16.9 Å². The first kappa shape index (κ1) is 18.0. The van der Waals surface area contributed by atoms with E-state index in [-0.39, 0.29) is 35.7 Å². The van der Waals surface area contributed by atoms with E-state index < -0.39 is 0 Å². The molecule has 24 heavy (non-hydrogen) atoms. The van der Waals surface area contributed by atoms with E-state index in [1.165, 1.54) is 17.8 Å². The molecule has 0 radical (unpaired) electrons. The van der Waals surface area contributed by atoms with Gasteiger partial charge in [0, 0.05) is 12.6 Å². The number of anilines is 1. The highest BCUT2D eigenvalue weighted by molar-refractivity contribution is 8.00. The number of amides is 2. The molecule has 0 bridgehead atoms. The maximum absolute atomic E-state index is 13.4. The largest absolute Gasteiger partial charge is 0.360 e. The molecule has 0 saturated carbocycles. The molecular formula is C16H18FN3O3S. The molecule has 0 aliphatic heterocycles. The smallest absolute Gasteiger partial charge is 0.235 e. The van der Waals surface area contributed by atoms with Gasteiger partial charge in [-0.3, -0.25) is 9.59 Å². The first-order chi connectivity index (χ1) is 11.4. The third-order valence-corrected chi connectivity index (χ3v) is 4.02. The predicted molar refractivity (Wildman–Crippen MR) is 90.2 cm³/mol. The van der Waals surface area contributed by atoms with E-state index in [9.17, 15) is 14.0 Å². The van der Waals surface area contributed by atoms with Crippen LogP contribution in [0.25, 0.3) is 0 Å². The Labute approximate surface area is 143 Å². The summed E-state index contributed by atoms with van der Waals surface area (Å²) in [5.41, 5.74) is 1.25. The van der Waals surface area contributed by atoms with E-state index in [0.29, 0.717) is 22.7 Å². The van der Waals surface area contributed by atoms with Crippen LogP contribution in [-0.2, 0) is 16.1 Å². The minimum atomic E-state index is -0.295. The summed E-state index contributed by atoms with van der Waals surface area (Å²) in [7, 11) is 0. The van der Waals surface area contributed by atoms with Gasteiger partial charge >= 0.3 is 0 Å². The number of rotatable bonds is 7. The van der Waals surface area contributed by atoms with Gasteiger partial charge in [-0.1, -0.05) is 17.3 Å². The van der Waals surface area contributed by atoms with Crippen molar-refractivity contribution < 1.29 is 18.5 Å². The van der Waals surface area contributed by atoms with Crippen LogP contribution in [0, 0.1) is 19.7 Å². The SMILES string of the molecule is Cc1cc(NC(=O)CSCC(=O)NCc2ccc(C)c(F)c2)no1. The summed E-state index contributed by atoms with van der Waals surface area (Å²) in [5, 5.41) is 8.90. The monoisotopic (exact) mass is 351 g/mol. The molecule has 8 heteroatoms. The molecule has 1 heterocycles. The van der Waals surface area contributed by atoms with Crippen molar-refractivity contribution in [1.29, 1.82) is 0 Å². The number of aromatic nitrogens is 1. The fourth-order valence-corrected chi connectivity index (χ4v) is 2.49. The molecule has 0 aliphatic carbocycles. The van der Waals surface area contributed by atoms with Gasteiger partial charge in [0.15, 0.2) is 5.82 Å². The number of nitrogens with zero attached hydrogens (tertiary/aromatic N) is 1. The van der Waals surface area contributed by atoms with Crippen molar-refractivity contribution in [3.63, 3.8) is 0 Å². The van der Waals surface area contributed by atoms with Gasteiger partial charge in [-0.2, -0.15) is 0 Å². The predicted octanol–water partition coefficient (Wildman–Crippen LogP) is 2.42. The maximum atomic E-state index is 13.4. The molecular weight excluding hydrogens is 333 g/mol. The minimum Gasteiger partial charge on any atom is -0.360 e. The lowest BCUT2D eigenvalue weighted by Gasteiger charge is -2.06. The molecule has 0 saturated heterocycles. The summed E-state index contributed by atoms with van der Waals surface area (Å²) in [6.07, 6.45) is 0.